The van der Waals surface area contributed by atoms with E-state index < -0.39 is 0 Å². The second-order valence-corrected chi connectivity index (χ2v) is 7.64. The normalized spacial score (nSPS) is 14.4. The lowest BCUT2D eigenvalue weighted by Crippen LogP contribution is -2.42. The minimum Gasteiger partial charge on any atom is -0.477 e. The van der Waals surface area contributed by atoms with E-state index in [1.807, 2.05) is 25.1 Å². The highest BCUT2D eigenvalue weighted by molar-refractivity contribution is 5.97. The molecule has 1 aromatic heterocycles. The van der Waals surface area contributed by atoms with E-state index in [2.05, 4.69) is 27.5 Å². The molecule has 1 aliphatic rings. The van der Waals surface area contributed by atoms with Crippen molar-refractivity contribution < 1.29 is 19.8 Å². The molecule has 0 spiro atoms. The summed E-state index contributed by atoms with van der Waals surface area (Å²) in [5.74, 6) is 5.78. The van der Waals surface area contributed by atoms with Crippen molar-refractivity contribution in [1.29, 1.82) is 5.26 Å². The Balaban J connectivity index is 1.82. The van der Waals surface area contributed by atoms with Crippen LogP contribution in [0.2, 0.25) is 0 Å². The molecule has 2 aromatic rings. The molecular weight excluding hydrogens is 422 g/mol. The molecule has 1 aliphatic heterocycles. The van der Waals surface area contributed by atoms with E-state index in [9.17, 15) is 15.5 Å². The number of nitrogens with zero attached hydrogens (tertiary/aromatic N) is 4. The standard InChI is InChI=1S/C24H29N5O4/c1-3-32-23-20(12-25)11-21(13-27-23)24(33-26)28-16(2)18-5-4-17-6-8-29(22(14-30)15-31)9-7-19(17)10-18/h4-5,10-11,13,22,30-31H,2-3,6-9,14-15,26H2,1H3/b28-24-. The van der Waals surface area contributed by atoms with Crippen molar-refractivity contribution in [3.8, 4) is 11.9 Å². The van der Waals surface area contributed by atoms with Crippen molar-refractivity contribution >= 4 is 11.6 Å². The lowest BCUT2D eigenvalue weighted by Gasteiger charge is -2.27. The minimum atomic E-state index is -0.247. The molecule has 0 aliphatic carbocycles. The molecule has 3 rings (SSSR count). The minimum absolute atomic E-state index is 0.0700. The van der Waals surface area contributed by atoms with E-state index in [1.54, 1.807) is 6.07 Å². The van der Waals surface area contributed by atoms with Gasteiger partial charge in [0.1, 0.15) is 11.6 Å². The molecule has 33 heavy (non-hydrogen) atoms. The maximum absolute atomic E-state index is 9.50. The highest BCUT2D eigenvalue weighted by Gasteiger charge is 2.21. The first-order chi connectivity index (χ1) is 16.0. The molecule has 0 saturated carbocycles. The van der Waals surface area contributed by atoms with Gasteiger partial charge in [0.05, 0.1) is 37.1 Å². The highest BCUT2D eigenvalue weighted by Crippen LogP contribution is 2.24. The zero-order valence-corrected chi connectivity index (χ0v) is 18.7. The molecule has 4 N–H and O–H groups in total. The fourth-order valence-corrected chi connectivity index (χ4v) is 3.82. The van der Waals surface area contributed by atoms with Crippen LogP contribution in [0.1, 0.15) is 34.7 Å². The Morgan fingerprint density at radius 2 is 1.97 bits per heavy atom. The summed E-state index contributed by atoms with van der Waals surface area (Å²) in [6.07, 6.45) is 3.09. The van der Waals surface area contributed by atoms with Gasteiger partial charge in [-0.1, -0.05) is 18.7 Å². The van der Waals surface area contributed by atoms with Crippen LogP contribution in [0.3, 0.4) is 0 Å². The molecule has 0 fully saturated rings. The number of rotatable bonds is 8. The van der Waals surface area contributed by atoms with Crippen molar-refractivity contribution in [1.82, 2.24) is 9.88 Å². The third-order valence-electron chi connectivity index (χ3n) is 5.66. The molecule has 0 amide bonds. The van der Waals surface area contributed by atoms with E-state index >= 15 is 0 Å². The quantitative estimate of drug-likeness (QED) is 0.311. The van der Waals surface area contributed by atoms with Gasteiger partial charge in [0.15, 0.2) is 0 Å². The topological polar surface area (TPSA) is 137 Å². The summed E-state index contributed by atoms with van der Waals surface area (Å²) in [5.41, 5.74) is 4.35. The van der Waals surface area contributed by atoms with E-state index in [4.69, 9.17) is 15.5 Å². The first kappa shape index (κ1) is 24.4. The summed E-state index contributed by atoms with van der Waals surface area (Å²) >= 11 is 0. The number of aliphatic hydroxyl groups is 2. The fourth-order valence-electron chi connectivity index (χ4n) is 3.82. The van der Waals surface area contributed by atoms with Gasteiger partial charge in [-0.25, -0.2) is 9.98 Å². The van der Waals surface area contributed by atoms with Gasteiger partial charge >= 0.3 is 0 Å². The third-order valence-corrected chi connectivity index (χ3v) is 5.66. The lowest BCUT2D eigenvalue weighted by molar-refractivity contribution is 0.0769. The molecule has 174 valence electrons. The van der Waals surface area contributed by atoms with Gasteiger partial charge < -0.3 is 19.8 Å². The number of fused-ring (bicyclic) bond motifs is 1. The van der Waals surface area contributed by atoms with Crippen LogP contribution in [-0.4, -0.2) is 64.9 Å². The van der Waals surface area contributed by atoms with E-state index in [1.165, 1.54) is 17.3 Å². The van der Waals surface area contributed by atoms with Gasteiger partial charge in [0.2, 0.25) is 11.8 Å². The Hall–Kier alpha value is -3.29. The van der Waals surface area contributed by atoms with Crippen molar-refractivity contribution in [2.24, 2.45) is 10.9 Å². The Bertz CT molecular complexity index is 1060. The number of hydrogen-bond donors (Lipinski definition) is 3. The molecule has 0 unspecified atom stereocenters. The predicted octanol–water partition coefficient (Wildman–Crippen LogP) is 1.41. The molecule has 0 atom stereocenters. The number of nitrogens with two attached hydrogens (primary N) is 1. The van der Waals surface area contributed by atoms with Crippen molar-refractivity contribution in [2.75, 3.05) is 32.9 Å². The van der Waals surface area contributed by atoms with Crippen LogP contribution >= 0.6 is 0 Å². The molecular formula is C24H29N5O4. The monoisotopic (exact) mass is 451 g/mol. The molecule has 0 bridgehead atoms. The van der Waals surface area contributed by atoms with E-state index in [0.717, 1.165) is 31.5 Å². The molecule has 9 heteroatoms. The first-order valence-electron chi connectivity index (χ1n) is 10.8. The van der Waals surface area contributed by atoms with E-state index in [0.29, 0.717) is 17.9 Å². The summed E-state index contributed by atoms with van der Waals surface area (Å²) < 4.78 is 5.35. The number of aliphatic imine (C=N–C) groups is 1. The summed E-state index contributed by atoms with van der Waals surface area (Å²) in [4.78, 5) is 15.7. The summed E-state index contributed by atoms with van der Waals surface area (Å²) in [7, 11) is 0. The number of aliphatic hydroxyl groups excluding tert-OH is 2. The largest absolute Gasteiger partial charge is 0.477 e. The molecule has 9 nitrogen and oxygen atoms in total. The van der Waals surface area contributed by atoms with Crippen LogP contribution < -0.4 is 10.6 Å². The summed E-state index contributed by atoms with van der Waals surface area (Å²) in [6.45, 7) is 7.64. The molecule has 0 saturated heterocycles. The zero-order valence-electron chi connectivity index (χ0n) is 18.7. The number of benzene rings is 1. The van der Waals surface area contributed by atoms with Gasteiger partial charge in [-0.3, -0.25) is 4.90 Å². The Morgan fingerprint density at radius 1 is 1.24 bits per heavy atom. The van der Waals surface area contributed by atoms with E-state index in [-0.39, 0.29) is 36.6 Å². The van der Waals surface area contributed by atoms with Crippen molar-refractivity contribution in [3.63, 3.8) is 0 Å². The fraction of sp³-hybridized carbons (Fsp3) is 0.375. The number of pyridine rings is 1. The van der Waals surface area contributed by atoms with Gasteiger partial charge in [-0.2, -0.15) is 11.2 Å². The molecule has 2 heterocycles. The maximum atomic E-state index is 9.50. The van der Waals surface area contributed by atoms with Crippen molar-refractivity contribution in [2.45, 2.75) is 25.8 Å². The molecule has 1 aromatic carbocycles. The second kappa shape index (κ2) is 11.5. The van der Waals surface area contributed by atoms with Gasteiger partial charge in [-0.05, 0) is 48.6 Å². The lowest BCUT2D eigenvalue weighted by atomic mass is 9.99. The number of nitriles is 1. The average molecular weight is 452 g/mol. The molecule has 0 radical (unpaired) electrons. The van der Waals surface area contributed by atoms with Crippen molar-refractivity contribution in [3.05, 3.63) is 64.9 Å². The van der Waals surface area contributed by atoms with Crippen LogP contribution in [0.4, 0.5) is 0 Å². The summed E-state index contributed by atoms with van der Waals surface area (Å²) in [6, 6.07) is 9.40. The SMILES string of the molecule is C=C(/N=C(\ON)c1cnc(OCC)c(C#N)c1)c1ccc2c(c1)CCN(C(CO)CO)CC2. The smallest absolute Gasteiger partial charge is 0.246 e. The third kappa shape index (κ3) is 5.74. The Kier molecular flexibility index (Phi) is 8.52. The zero-order chi connectivity index (χ0) is 23.8. The predicted molar refractivity (Wildman–Crippen MR) is 124 cm³/mol. The first-order valence-corrected chi connectivity index (χ1v) is 10.8. The van der Waals surface area contributed by atoms with Crippen LogP contribution in [0.25, 0.3) is 5.70 Å². The maximum Gasteiger partial charge on any atom is 0.246 e. The Morgan fingerprint density at radius 3 is 2.61 bits per heavy atom. The number of ether oxygens (including phenoxy) is 1. The van der Waals surface area contributed by atoms with Crippen LogP contribution in [0.5, 0.6) is 5.88 Å². The average Bonchev–Trinajstić information content (AvgIpc) is 3.06. The number of aromatic nitrogens is 1. The number of hydrogen-bond acceptors (Lipinski definition) is 9. The van der Waals surface area contributed by atoms with Crippen LogP contribution in [0, 0.1) is 11.3 Å². The van der Waals surface area contributed by atoms with Crippen LogP contribution in [0.15, 0.2) is 42.0 Å². The van der Waals surface area contributed by atoms with Crippen LogP contribution in [-0.2, 0) is 17.7 Å². The highest BCUT2D eigenvalue weighted by atomic mass is 16.6. The van der Waals surface area contributed by atoms with Gasteiger partial charge in [-0.15, -0.1) is 0 Å². The second-order valence-electron chi connectivity index (χ2n) is 7.64. The summed E-state index contributed by atoms with van der Waals surface area (Å²) in [5, 5.41) is 28.4. The Labute approximate surface area is 193 Å². The van der Waals surface area contributed by atoms with Gasteiger partial charge in [0, 0.05) is 19.3 Å². The van der Waals surface area contributed by atoms with Gasteiger partial charge in [0.25, 0.3) is 0 Å².